The maximum absolute atomic E-state index is 13.3. The van der Waals surface area contributed by atoms with Crippen molar-refractivity contribution in [2.24, 2.45) is 0 Å². The highest BCUT2D eigenvalue weighted by Gasteiger charge is 2.30. The van der Waals surface area contributed by atoms with Crippen LogP contribution in [-0.2, 0) is 6.54 Å². The number of hydrogen-bond acceptors (Lipinski definition) is 4. The van der Waals surface area contributed by atoms with Crippen LogP contribution in [0.3, 0.4) is 0 Å². The first kappa shape index (κ1) is 16.9. The smallest absolute Gasteiger partial charge is 0.224 e. The van der Waals surface area contributed by atoms with E-state index in [4.69, 9.17) is 11.6 Å². The van der Waals surface area contributed by atoms with Gasteiger partial charge < -0.3 is 9.80 Å². The first-order valence-electron chi connectivity index (χ1n) is 7.82. The lowest BCUT2D eigenvalue weighted by molar-refractivity contribution is 0.291. The lowest BCUT2D eigenvalue weighted by atomic mass is 9.89. The van der Waals surface area contributed by atoms with Crippen molar-refractivity contribution >= 4 is 17.4 Å². The molecule has 0 amide bonds. The second-order valence-corrected chi connectivity index (χ2v) is 6.49. The van der Waals surface area contributed by atoms with Gasteiger partial charge in [-0.25, -0.2) is 14.4 Å². The van der Waals surface area contributed by atoms with E-state index in [1.165, 1.54) is 12.1 Å². The third-order valence-electron chi connectivity index (χ3n) is 4.28. The van der Waals surface area contributed by atoms with Crippen molar-refractivity contribution in [2.45, 2.75) is 12.5 Å². The Morgan fingerprint density at radius 1 is 1.38 bits per heavy atom. The summed E-state index contributed by atoms with van der Waals surface area (Å²) in [7, 11) is 4.02. The van der Waals surface area contributed by atoms with Gasteiger partial charge in [0.25, 0.3) is 0 Å². The summed E-state index contributed by atoms with van der Waals surface area (Å²) in [6.07, 6.45) is 1.83. The zero-order chi connectivity index (χ0) is 17.3. The normalized spacial score (nSPS) is 17.4. The summed E-state index contributed by atoms with van der Waals surface area (Å²) < 4.78 is 13.3. The first-order chi connectivity index (χ1) is 11.5. The molecule has 0 fully saturated rings. The van der Waals surface area contributed by atoms with Gasteiger partial charge in [0.15, 0.2) is 0 Å². The van der Waals surface area contributed by atoms with Crippen LogP contribution >= 0.6 is 11.6 Å². The number of aromatic nitrogens is 2. The van der Waals surface area contributed by atoms with E-state index in [1.54, 1.807) is 0 Å². The van der Waals surface area contributed by atoms with Gasteiger partial charge in [0, 0.05) is 38.2 Å². The standard InChI is InChI=1S/C18H20ClFN4/c1-4-9-24(3)17-15-11-23(2)10-14(16(15)21-18(19)22-17)12-5-7-13(20)8-6-12/h4-8,14H,1,9-11H2,2-3H3. The molecule has 1 aliphatic heterocycles. The number of anilines is 1. The fourth-order valence-electron chi connectivity index (χ4n) is 3.19. The molecule has 3 rings (SSSR count). The molecule has 4 nitrogen and oxygen atoms in total. The largest absolute Gasteiger partial charge is 0.356 e. The summed E-state index contributed by atoms with van der Waals surface area (Å²) in [6, 6.07) is 6.59. The SMILES string of the molecule is C=CCN(C)c1nc(Cl)nc2c1CN(C)CC2c1ccc(F)cc1. The molecule has 1 aromatic carbocycles. The summed E-state index contributed by atoms with van der Waals surface area (Å²) >= 11 is 6.19. The molecule has 0 saturated heterocycles. The maximum Gasteiger partial charge on any atom is 0.224 e. The van der Waals surface area contributed by atoms with E-state index in [0.29, 0.717) is 6.54 Å². The van der Waals surface area contributed by atoms with Gasteiger partial charge >= 0.3 is 0 Å². The van der Waals surface area contributed by atoms with Crippen molar-refractivity contribution in [1.29, 1.82) is 0 Å². The molecule has 24 heavy (non-hydrogen) atoms. The molecule has 2 heterocycles. The first-order valence-corrected chi connectivity index (χ1v) is 8.19. The van der Waals surface area contributed by atoms with Gasteiger partial charge in [0.2, 0.25) is 5.28 Å². The Kier molecular flexibility index (Phi) is 4.83. The van der Waals surface area contributed by atoms with Crippen LogP contribution in [0.5, 0.6) is 0 Å². The fraction of sp³-hybridized carbons (Fsp3) is 0.333. The molecule has 126 valence electrons. The topological polar surface area (TPSA) is 32.3 Å². The molecule has 0 N–H and O–H groups in total. The third kappa shape index (κ3) is 3.28. The van der Waals surface area contributed by atoms with E-state index in [1.807, 2.05) is 30.2 Å². The Bertz CT molecular complexity index is 747. The number of halogens is 2. The molecule has 1 aromatic heterocycles. The highest BCUT2D eigenvalue weighted by Crippen LogP contribution is 2.36. The second kappa shape index (κ2) is 6.87. The summed E-state index contributed by atoms with van der Waals surface area (Å²) in [4.78, 5) is 13.2. The molecule has 0 spiro atoms. The van der Waals surface area contributed by atoms with Crippen molar-refractivity contribution in [2.75, 3.05) is 32.1 Å². The molecule has 6 heteroatoms. The number of nitrogens with zero attached hydrogens (tertiary/aromatic N) is 4. The van der Waals surface area contributed by atoms with Crippen LogP contribution in [0.2, 0.25) is 5.28 Å². The van der Waals surface area contributed by atoms with Crippen molar-refractivity contribution in [3.8, 4) is 0 Å². The van der Waals surface area contributed by atoms with Crippen molar-refractivity contribution in [3.63, 3.8) is 0 Å². The second-order valence-electron chi connectivity index (χ2n) is 6.15. The molecule has 0 aliphatic carbocycles. The predicted molar refractivity (Wildman–Crippen MR) is 95.1 cm³/mol. The Morgan fingerprint density at radius 3 is 2.75 bits per heavy atom. The van der Waals surface area contributed by atoms with E-state index in [0.717, 1.165) is 35.7 Å². The number of rotatable bonds is 4. The molecule has 0 bridgehead atoms. The van der Waals surface area contributed by atoms with E-state index < -0.39 is 0 Å². The average Bonchev–Trinajstić information content (AvgIpc) is 2.55. The van der Waals surface area contributed by atoms with Crippen molar-refractivity contribution in [3.05, 3.63) is 64.8 Å². The van der Waals surface area contributed by atoms with E-state index in [2.05, 4.69) is 28.5 Å². The third-order valence-corrected chi connectivity index (χ3v) is 4.45. The summed E-state index contributed by atoms with van der Waals surface area (Å²) in [6.45, 7) is 6.01. The van der Waals surface area contributed by atoms with Crippen molar-refractivity contribution < 1.29 is 4.39 Å². The summed E-state index contributed by atoms with van der Waals surface area (Å²) in [5, 5.41) is 0.233. The van der Waals surface area contributed by atoms with E-state index >= 15 is 0 Å². The van der Waals surface area contributed by atoms with Gasteiger partial charge in [-0.15, -0.1) is 6.58 Å². The zero-order valence-electron chi connectivity index (χ0n) is 13.8. The van der Waals surface area contributed by atoms with E-state index in [9.17, 15) is 4.39 Å². The van der Waals surface area contributed by atoms with Crippen LogP contribution in [-0.4, -0.2) is 42.1 Å². The van der Waals surface area contributed by atoms with E-state index in [-0.39, 0.29) is 17.0 Å². The van der Waals surface area contributed by atoms with Crippen LogP contribution < -0.4 is 4.90 Å². The van der Waals surface area contributed by atoms with Gasteiger partial charge in [-0.05, 0) is 36.3 Å². The molecule has 0 saturated carbocycles. The summed E-state index contributed by atoms with van der Waals surface area (Å²) in [5.74, 6) is 0.620. The molecule has 1 atom stereocenters. The quantitative estimate of drug-likeness (QED) is 0.627. The minimum Gasteiger partial charge on any atom is -0.356 e. The minimum atomic E-state index is -0.240. The predicted octanol–water partition coefficient (Wildman–Crippen LogP) is 3.47. The number of benzene rings is 1. The molecule has 2 aromatic rings. The summed E-state index contributed by atoms with van der Waals surface area (Å²) in [5.41, 5.74) is 3.01. The maximum atomic E-state index is 13.3. The zero-order valence-corrected chi connectivity index (χ0v) is 14.6. The number of fused-ring (bicyclic) bond motifs is 1. The van der Waals surface area contributed by atoms with Gasteiger partial charge in [0.05, 0.1) is 5.69 Å². The fourth-order valence-corrected chi connectivity index (χ4v) is 3.36. The van der Waals surface area contributed by atoms with Gasteiger partial charge in [0.1, 0.15) is 11.6 Å². The van der Waals surface area contributed by atoms with Gasteiger partial charge in [-0.2, -0.15) is 0 Å². The van der Waals surface area contributed by atoms with Crippen LogP contribution in [0.15, 0.2) is 36.9 Å². The van der Waals surface area contributed by atoms with Crippen LogP contribution in [0, 0.1) is 5.82 Å². The highest BCUT2D eigenvalue weighted by atomic mass is 35.5. The Hall–Kier alpha value is -1.98. The van der Waals surface area contributed by atoms with Crippen LogP contribution in [0.1, 0.15) is 22.7 Å². The van der Waals surface area contributed by atoms with Crippen LogP contribution in [0.25, 0.3) is 0 Å². The van der Waals surface area contributed by atoms with Gasteiger partial charge in [-0.1, -0.05) is 18.2 Å². The lowest BCUT2D eigenvalue weighted by Gasteiger charge is -2.34. The Labute approximate surface area is 146 Å². The molecular weight excluding hydrogens is 327 g/mol. The van der Waals surface area contributed by atoms with Gasteiger partial charge in [-0.3, -0.25) is 0 Å². The lowest BCUT2D eigenvalue weighted by Crippen LogP contribution is -2.34. The average molecular weight is 347 g/mol. The van der Waals surface area contributed by atoms with Crippen molar-refractivity contribution in [1.82, 2.24) is 14.9 Å². The molecule has 1 unspecified atom stereocenters. The molecular formula is C18H20ClFN4. The Balaban J connectivity index is 2.11. The van der Waals surface area contributed by atoms with Crippen LogP contribution in [0.4, 0.5) is 10.2 Å². The molecule has 0 radical (unpaired) electrons. The Morgan fingerprint density at radius 2 is 2.08 bits per heavy atom. The number of hydrogen-bond donors (Lipinski definition) is 0. The number of likely N-dealkylation sites (N-methyl/N-ethyl adjacent to an activating group) is 2. The highest BCUT2D eigenvalue weighted by molar-refractivity contribution is 6.28. The molecule has 1 aliphatic rings. The monoisotopic (exact) mass is 346 g/mol. The minimum absolute atomic E-state index is 0.0377.